The van der Waals surface area contributed by atoms with Crippen molar-refractivity contribution in [3.63, 3.8) is 0 Å². The van der Waals surface area contributed by atoms with Gasteiger partial charge in [-0.15, -0.1) is 0 Å². The van der Waals surface area contributed by atoms with Crippen molar-refractivity contribution >= 4 is 24.0 Å². The van der Waals surface area contributed by atoms with Crippen LogP contribution in [0.15, 0.2) is 58.3 Å². The molecule has 2 aromatic rings. The van der Waals surface area contributed by atoms with Crippen molar-refractivity contribution in [2.24, 2.45) is 5.73 Å². The summed E-state index contributed by atoms with van der Waals surface area (Å²) in [4.78, 5) is 23.5. The molecule has 0 bridgehead atoms. The Morgan fingerprint density at radius 3 is 1.89 bits per heavy atom. The van der Waals surface area contributed by atoms with Gasteiger partial charge in [0.25, 0.3) is 0 Å². The quantitative estimate of drug-likeness (QED) is 0.857. The van der Waals surface area contributed by atoms with Crippen molar-refractivity contribution in [2.75, 3.05) is 0 Å². The first-order chi connectivity index (χ1) is 8.69. The summed E-state index contributed by atoms with van der Waals surface area (Å²) in [5, 5.41) is 0. The summed E-state index contributed by atoms with van der Waals surface area (Å²) < 4.78 is 0. The van der Waals surface area contributed by atoms with Gasteiger partial charge in [-0.2, -0.15) is 0 Å². The van der Waals surface area contributed by atoms with Crippen LogP contribution >= 0.6 is 11.8 Å². The van der Waals surface area contributed by atoms with Gasteiger partial charge < -0.3 is 5.73 Å². The van der Waals surface area contributed by atoms with Crippen molar-refractivity contribution in [3.8, 4) is 0 Å². The van der Waals surface area contributed by atoms with Crippen LogP contribution in [0.1, 0.15) is 20.7 Å². The van der Waals surface area contributed by atoms with Gasteiger partial charge in [0.05, 0.1) is 0 Å². The molecule has 2 aromatic carbocycles. The van der Waals surface area contributed by atoms with Gasteiger partial charge in [-0.3, -0.25) is 9.59 Å². The lowest BCUT2D eigenvalue weighted by molar-refractivity contribution is 0.0999. The molecule has 0 fully saturated rings. The number of primary amides is 1. The molecular formula is C14H11NO2S. The van der Waals surface area contributed by atoms with Gasteiger partial charge >= 0.3 is 0 Å². The topological polar surface area (TPSA) is 60.2 Å². The van der Waals surface area contributed by atoms with E-state index in [-0.39, 0.29) is 0 Å². The van der Waals surface area contributed by atoms with Crippen molar-refractivity contribution in [1.29, 1.82) is 0 Å². The number of benzene rings is 2. The number of hydrogen-bond donors (Lipinski definition) is 1. The molecule has 0 radical (unpaired) electrons. The summed E-state index contributed by atoms with van der Waals surface area (Å²) in [6, 6.07) is 14.4. The lowest BCUT2D eigenvalue weighted by atomic mass is 10.2. The Hall–Kier alpha value is -2.07. The summed E-state index contributed by atoms with van der Waals surface area (Å²) in [6.07, 6.45) is 0.816. The lowest BCUT2D eigenvalue weighted by Gasteiger charge is -2.02. The molecule has 0 atom stereocenters. The van der Waals surface area contributed by atoms with Gasteiger partial charge in [-0.1, -0.05) is 23.9 Å². The Bertz CT molecular complexity index is 561. The number of hydrogen-bond acceptors (Lipinski definition) is 3. The zero-order valence-electron chi connectivity index (χ0n) is 9.50. The Kier molecular flexibility index (Phi) is 3.79. The molecule has 2 rings (SSSR count). The highest BCUT2D eigenvalue weighted by Crippen LogP contribution is 2.27. The molecule has 1 amide bonds. The first-order valence-electron chi connectivity index (χ1n) is 5.32. The predicted octanol–water partition coefficient (Wildman–Crippen LogP) is 2.75. The molecule has 0 spiro atoms. The van der Waals surface area contributed by atoms with Crippen LogP contribution in [0, 0.1) is 0 Å². The van der Waals surface area contributed by atoms with Crippen LogP contribution in [0.4, 0.5) is 0 Å². The minimum Gasteiger partial charge on any atom is -0.366 e. The summed E-state index contributed by atoms with van der Waals surface area (Å²) in [5.74, 6) is -0.429. The molecule has 0 aliphatic rings. The maximum atomic E-state index is 10.9. The number of rotatable bonds is 4. The average molecular weight is 257 g/mol. The standard InChI is InChI=1S/C14H11NO2S/c15-14(17)11-3-7-13(8-4-11)18-12-5-1-10(9-16)2-6-12/h1-9H,(H2,15,17). The van der Waals surface area contributed by atoms with E-state index in [1.807, 2.05) is 24.3 Å². The largest absolute Gasteiger partial charge is 0.366 e. The first kappa shape index (κ1) is 12.4. The van der Waals surface area contributed by atoms with Crippen LogP contribution in [0.5, 0.6) is 0 Å². The molecule has 0 saturated heterocycles. The van der Waals surface area contributed by atoms with Crippen molar-refractivity contribution in [2.45, 2.75) is 9.79 Å². The molecule has 3 nitrogen and oxygen atoms in total. The Morgan fingerprint density at radius 2 is 1.44 bits per heavy atom. The van der Waals surface area contributed by atoms with Crippen molar-refractivity contribution in [1.82, 2.24) is 0 Å². The van der Waals surface area contributed by atoms with Gasteiger partial charge in [0.1, 0.15) is 6.29 Å². The molecule has 0 saturated carbocycles. The summed E-state index contributed by atoms with van der Waals surface area (Å²) >= 11 is 1.56. The van der Waals surface area contributed by atoms with Crippen LogP contribution in [0.2, 0.25) is 0 Å². The van der Waals surface area contributed by atoms with Gasteiger partial charge in [0.15, 0.2) is 0 Å². The zero-order valence-corrected chi connectivity index (χ0v) is 10.3. The molecule has 2 N–H and O–H groups in total. The molecular weight excluding hydrogens is 246 g/mol. The molecule has 0 heterocycles. The third-order valence-corrected chi connectivity index (χ3v) is 3.41. The number of nitrogens with two attached hydrogens (primary N) is 1. The monoisotopic (exact) mass is 257 g/mol. The minimum absolute atomic E-state index is 0.429. The van der Waals surface area contributed by atoms with Gasteiger partial charge in [0.2, 0.25) is 5.91 Å². The molecule has 0 aliphatic heterocycles. The number of aldehydes is 1. The van der Waals surface area contributed by atoms with E-state index in [9.17, 15) is 9.59 Å². The second-order valence-electron chi connectivity index (χ2n) is 3.68. The smallest absolute Gasteiger partial charge is 0.248 e. The first-order valence-corrected chi connectivity index (χ1v) is 6.13. The van der Waals surface area contributed by atoms with E-state index in [1.165, 1.54) is 0 Å². The van der Waals surface area contributed by atoms with E-state index in [0.29, 0.717) is 11.1 Å². The van der Waals surface area contributed by atoms with E-state index in [0.717, 1.165) is 16.1 Å². The molecule has 0 unspecified atom stereocenters. The van der Waals surface area contributed by atoms with Gasteiger partial charge in [-0.25, -0.2) is 0 Å². The SMILES string of the molecule is NC(=O)c1ccc(Sc2ccc(C=O)cc2)cc1. The number of carbonyl (C=O) groups excluding carboxylic acids is 2. The maximum Gasteiger partial charge on any atom is 0.248 e. The third kappa shape index (κ3) is 2.99. The second-order valence-corrected chi connectivity index (χ2v) is 4.82. The van der Waals surface area contributed by atoms with Crippen LogP contribution in [0.3, 0.4) is 0 Å². The summed E-state index contributed by atoms with van der Waals surface area (Å²) in [7, 11) is 0. The van der Waals surface area contributed by atoms with Crippen molar-refractivity contribution in [3.05, 3.63) is 59.7 Å². The number of amides is 1. The fraction of sp³-hybridized carbons (Fsp3) is 0. The third-order valence-electron chi connectivity index (χ3n) is 2.39. The van der Waals surface area contributed by atoms with Gasteiger partial charge in [0, 0.05) is 20.9 Å². The molecule has 0 aromatic heterocycles. The highest BCUT2D eigenvalue weighted by Gasteiger charge is 2.01. The van der Waals surface area contributed by atoms with E-state index >= 15 is 0 Å². The second kappa shape index (κ2) is 5.51. The van der Waals surface area contributed by atoms with Crippen molar-refractivity contribution < 1.29 is 9.59 Å². The van der Waals surface area contributed by atoms with E-state index < -0.39 is 5.91 Å². The van der Waals surface area contributed by atoms with Crippen LogP contribution in [-0.4, -0.2) is 12.2 Å². The van der Waals surface area contributed by atoms with E-state index in [2.05, 4.69) is 0 Å². The Labute approximate surface area is 109 Å². The molecule has 4 heteroatoms. The number of carbonyl (C=O) groups is 2. The molecule has 18 heavy (non-hydrogen) atoms. The Morgan fingerprint density at radius 1 is 0.944 bits per heavy atom. The fourth-order valence-corrected chi connectivity index (χ4v) is 2.25. The van der Waals surface area contributed by atoms with Crippen LogP contribution in [0.25, 0.3) is 0 Å². The van der Waals surface area contributed by atoms with Crippen LogP contribution < -0.4 is 5.73 Å². The average Bonchev–Trinajstić information content (AvgIpc) is 2.40. The normalized spacial score (nSPS) is 10.0. The van der Waals surface area contributed by atoms with E-state index in [4.69, 9.17) is 5.73 Å². The molecule has 90 valence electrons. The fourth-order valence-electron chi connectivity index (χ4n) is 1.44. The Balaban J connectivity index is 2.12. The minimum atomic E-state index is -0.429. The van der Waals surface area contributed by atoms with Crippen LogP contribution in [-0.2, 0) is 0 Å². The maximum absolute atomic E-state index is 10.9. The highest BCUT2D eigenvalue weighted by atomic mass is 32.2. The van der Waals surface area contributed by atoms with Gasteiger partial charge in [-0.05, 0) is 36.4 Å². The van der Waals surface area contributed by atoms with E-state index in [1.54, 1.807) is 36.0 Å². The summed E-state index contributed by atoms with van der Waals surface area (Å²) in [5.41, 5.74) is 6.32. The zero-order chi connectivity index (χ0) is 13.0. The highest BCUT2D eigenvalue weighted by molar-refractivity contribution is 7.99. The predicted molar refractivity (Wildman–Crippen MR) is 70.9 cm³/mol. The molecule has 0 aliphatic carbocycles. The lowest BCUT2D eigenvalue weighted by Crippen LogP contribution is -2.10. The summed E-state index contributed by atoms with van der Waals surface area (Å²) in [6.45, 7) is 0.